The van der Waals surface area contributed by atoms with Crippen LogP contribution in [0.3, 0.4) is 0 Å². The molecule has 2 amide bonds. The monoisotopic (exact) mass is 457 g/mol. The third-order valence-electron chi connectivity index (χ3n) is 5.05. The molecular weight excluding hydrogens is 438 g/mol. The number of nitrogens with zero attached hydrogens (tertiary/aromatic N) is 3. The number of rotatable bonds is 5. The Hall–Kier alpha value is -2.94. The summed E-state index contributed by atoms with van der Waals surface area (Å²) in [4.78, 5) is 28.3. The Kier molecular flexibility index (Phi) is 5.48. The minimum atomic E-state index is -0.561. The maximum Gasteiger partial charge on any atom is 0.255 e. The molecule has 29 heavy (non-hydrogen) atoms. The van der Waals surface area contributed by atoms with Gasteiger partial charge in [-0.15, -0.1) is 0 Å². The molecule has 0 radical (unpaired) electrons. The van der Waals surface area contributed by atoms with Crippen molar-refractivity contribution in [1.82, 2.24) is 19.9 Å². The number of amides is 2. The number of nitrogens with two attached hydrogens (primary N) is 1. The summed E-state index contributed by atoms with van der Waals surface area (Å²) in [5.74, 6) is -0.424. The van der Waals surface area contributed by atoms with E-state index in [1.54, 1.807) is 29.0 Å². The number of halogens is 1. The molecule has 8 nitrogen and oxygen atoms in total. The molecule has 3 N–H and O–H groups in total. The fraction of sp³-hybridized carbons (Fsp3) is 0.300. The van der Waals surface area contributed by atoms with Gasteiger partial charge in [0.15, 0.2) is 0 Å². The highest BCUT2D eigenvalue weighted by atomic mass is 79.9. The Bertz CT molecular complexity index is 1060. The molecule has 3 heterocycles. The van der Waals surface area contributed by atoms with Gasteiger partial charge >= 0.3 is 0 Å². The van der Waals surface area contributed by atoms with Crippen molar-refractivity contribution in [2.24, 2.45) is 5.73 Å². The largest absolute Gasteiger partial charge is 0.474 e. The van der Waals surface area contributed by atoms with Gasteiger partial charge in [-0.05, 0) is 65.9 Å². The summed E-state index contributed by atoms with van der Waals surface area (Å²) < 4.78 is 8.47. The van der Waals surface area contributed by atoms with Crippen LogP contribution in [0.5, 0.6) is 5.88 Å². The van der Waals surface area contributed by atoms with Crippen LogP contribution in [0, 0.1) is 0 Å². The standard InChI is InChI=1S/C20H20BrN5O3/c21-12-3-8-17-16(10-24-26(17)11-12)19(28)25-13-4-6-14(7-5-13)29-20-15(18(22)27)2-1-9-23-20/h1-3,8-11,13-14H,4-7H2,(H2,22,27)(H,25,28)/t13-,14-. The first kappa shape index (κ1) is 19.4. The van der Waals surface area contributed by atoms with Gasteiger partial charge in [0.1, 0.15) is 11.7 Å². The normalized spacial score (nSPS) is 19.1. The summed E-state index contributed by atoms with van der Waals surface area (Å²) in [6, 6.07) is 7.06. The topological polar surface area (TPSA) is 112 Å². The molecule has 1 saturated carbocycles. The van der Waals surface area contributed by atoms with Gasteiger partial charge in [0.2, 0.25) is 5.88 Å². The zero-order chi connectivity index (χ0) is 20.4. The van der Waals surface area contributed by atoms with Crippen molar-refractivity contribution in [3.05, 3.63) is 58.5 Å². The lowest BCUT2D eigenvalue weighted by molar-refractivity contribution is 0.0882. The van der Waals surface area contributed by atoms with E-state index in [9.17, 15) is 9.59 Å². The van der Waals surface area contributed by atoms with E-state index in [0.29, 0.717) is 5.56 Å². The van der Waals surface area contributed by atoms with Gasteiger partial charge in [0.05, 0.1) is 17.3 Å². The molecule has 1 aliphatic carbocycles. The molecule has 9 heteroatoms. The molecule has 1 fully saturated rings. The van der Waals surface area contributed by atoms with E-state index < -0.39 is 5.91 Å². The Morgan fingerprint density at radius 1 is 1.17 bits per heavy atom. The second-order valence-corrected chi connectivity index (χ2v) is 7.94. The summed E-state index contributed by atoms with van der Waals surface area (Å²) in [7, 11) is 0. The maximum atomic E-state index is 12.7. The number of ether oxygens (including phenoxy) is 1. The number of hydrogen-bond acceptors (Lipinski definition) is 5. The van der Waals surface area contributed by atoms with Gasteiger partial charge in [-0.1, -0.05) is 0 Å². The lowest BCUT2D eigenvalue weighted by atomic mass is 9.92. The number of nitrogens with one attached hydrogen (secondary N) is 1. The first-order valence-corrected chi connectivity index (χ1v) is 10.2. The summed E-state index contributed by atoms with van der Waals surface area (Å²) in [6.07, 6.45) is 7.96. The third-order valence-corrected chi connectivity index (χ3v) is 5.52. The third kappa shape index (κ3) is 4.24. The van der Waals surface area contributed by atoms with Crippen molar-refractivity contribution >= 4 is 33.3 Å². The average Bonchev–Trinajstić information content (AvgIpc) is 3.13. The van der Waals surface area contributed by atoms with E-state index in [-0.39, 0.29) is 29.5 Å². The number of carbonyl (C=O) groups is 2. The molecule has 0 bridgehead atoms. The highest BCUT2D eigenvalue weighted by molar-refractivity contribution is 9.10. The maximum absolute atomic E-state index is 12.7. The molecule has 0 saturated heterocycles. The quantitative estimate of drug-likeness (QED) is 0.611. The van der Waals surface area contributed by atoms with Crippen molar-refractivity contribution in [2.75, 3.05) is 0 Å². The van der Waals surface area contributed by atoms with Gasteiger partial charge in [0, 0.05) is 22.9 Å². The van der Waals surface area contributed by atoms with E-state index in [0.717, 1.165) is 35.7 Å². The number of primary amides is 1. The average molecular weight is 458 g/mol. The van der Waals surface area contributed by atoms with Crippen LogP contribution in [0.15, 0.2) is 47.3 Å². The second-order valence-electron chi connectivity index (χ2n) is 7.02. The van der Waals surface area contributed by atoms with Crippen molar-refractivity contribution in [2.45, 2.75) is 37.8 Å². The second kappa shape index (κ2) is 8.20. The first-order valence-electron chi connectivity index (χ1n) is 9.36. The Labute approximate surface area is 175 Å². The van der Waals surface area contributed by atoms with Gasteiger partial charge < -0.3 is 15.8 Å². The predicted molar refractivity (Wildman–Crippen MR) is 110 cm³/mol. The van der Waals surface area contributed by atoms with Crippen LogP contribution in [-0.4, -0.2) is 38.6 Å². The number of aromatic nitrogens is 3. The lowest BCUT2D eigenvalue weighted by Crippen LogP contribution is -2.39. The Morgan fingerprint density at radius 2 is 1.97 bits per heavy atom. The van der Waals surface area contributed by atoms with Crippen LogP contribution in [0.25, 0.3) is 5.52 Å². The molecule has 4 rings (SSSR count). The number of hydrogen-bond donors (Lipinski definition) is 2. The van der Waals surface area contributed by atoms with Crippen LogP contribution in [0.4, 0.5) is 0 Å². The highest BCUT2D eigenvalue weighted by Gasteiger charge is 2.26. The van der Waals surface area contributed by atoms with Gasteiger partial charge in [-0.3, -0.25) is 9.59 Å². The molecule has 1 aliphatic rings. The van der Waals surface area contributed by atoms with Crippen LogP contribution < -0.4 is 15.8 Å². The highest BCUT2D eigenvalue weighted by Crippen LogP contribution is 2.25. The van der Waals surface area contributed by atoms with Gasteiger partial charge in [-0.2, -0.15) is 5.10 Å². The number of pyridine rings is 2. The first-order chi connectivity index (χ1) is 14.0. The minimum Gasteiger partial charge on any atom is -0.474 e. The van der Waals surface area contributed by atoms with E-state index >= 15 is 0 Å². The fourth-order valence-electron chi connectivity index (χ4n) is 3.55. The molecule has 0 aliphatic heterocycles. The van der Waals surface area contributed by atoms with E-state index in [2.05, 4.69) is 31.3 Å². The smallest absolute Gasteiger partial charge is 0.255 e. The van der Waals surface area contributed by atoms with Gasteiger partial charge in [0.25, 0.3) is 11.8 Å². The van der Waals surface area contributed by atoms with E-state index in [4.69, 9.17) is 10.5 Å². The Balaban J connectivity index is 1.35. The number of fused-ring (bicyclic) bond motifs is 1. The molecule has 0 spiro atoms. The molecule has 0 atom stereocenters. The summed E-state index contributed by atoms with van der Waals surface area (Å²) in [5.41, 5.74) is 6.97. The van der Waals surface area contributed by atoms with Gasteiger partial charge in [-0.25, -0.2) is 9.50 Å². The molecule has 3 aromatic rings. The van der Waals surface area contributed by atoms with Crippen molar-refractivity contribution in [1.29, 1.82) is 0 Å². The molecule has 0 aromatic carbocycles. The summed E-state index contributed by atoms with van der Waals surface area (Å²) >= 11 is 3.40. The van der Waals surface area contributed by atoms with E-state index in [1.165, 1.54) is 0 Å². The Morgan fingerprint density at radius 3 is 2.72 bits per heavy atom. The van der Waals surface area contributed by atoms with Crippen LogP contribution in [-0.2, 0) is 0 Å². The number of carbonyl (C=O) groups excluding carboxylic acids is 2. The van der Waals surface area contributed by atoms with Crippen LogP contribution in [0.1, 0.15) is 46.4 Å². The van der Waals surface area contributed by atoms with Crippen molar-refractivity contribution < 1.29 is 14.3 Å². The molecular formula is C20H20BrN5O3. The van der Waals surface area contributed by atoms with Crippen molar-refractivity contribution in [3.8, 4) is 5.88 Å². The predicted octanol–water partition coefficient (Wildman–Crippen LogP) is 2.71. The molecule has 150 valence electrons. The lowest BCUT2D eigenvalue weighted by Gasteiger charge is -2.29. The zero-order valence-corrected chi connectivity index (χ0v) is 17.1. The zero-order valence-electron chi connectivity index (χ0n) is 15.5. The minimum absolute atomic E-state index is 0.0621. The molecule has 0 unspecified atom stereocenters. The summed E-state index contributed by atoms with van der Waals surface area (Å²) in [5, 5.41) is 7.33. The molecule has 3 aromatic heterocycles. The van der Waals surface area contributed by atoms with Crippen LogP contribution >= 0.6 is 15.9 Å². The van der Waals surface area contributed by atoms with Crippen LogP contribution in [0.2, 0.25) is 0 Å². The van der Waals surface area contributed by atoms with E-state index in [1.807, 2.05) is 18.3 Å². The fourth-order valence-corrected chi connectivity index (χ4v) is 3.88. The SMILES string of the molecule is NC(=O)c1cccnc1O[C@H]1CC[C@H](NC(=O)c2cnn3cc(Br)ccc23)CC1. The summed E-state index contributed by atoms with van der Waals surface area (Å²) in [6.45, 7) is 0. The van der Waals surface area contributed by atoms with Crippen molar-refractivity contribution in [3.63, 3.8) is 0 Å².